The maximum atomic E-state index is 6.00. The third kappa shape index (κ3) is 3.05. The average molecular weight is 263 g/mol. The first kappa shape index (κ1) is 14.2. The molecule has 1 unspecified atom stereocenters. The molecule has 1 aliphatic heterocycles. The number of hydrogen-bond donors (Lipinski definition) is 3. The number of nitrogens with zero attached hydrogens (tertiary/aromatic N) is 2. The van der Waals surface area contributed by atoms with Crippen LogP contribution in [0.5, 0.6) is 0 Å². The molecule has 106 valence electrons. The molecule has 5 heteroatoms. The fourth-order valence-corrected chi connectivity index (χ4v) is 2.85. The van der Waals surface area contributed by atoms with E-state index in [-0.39, 0.29) is 11.6 Å². The van der Waals surface area contributed by atoms with Gasteiger partial charge in [-0.3, -0.25) is 21.2 Å². The van der Waals surface area contributed by atoms with Gasteiger partial charge in [0, 0.05) is 29.7 Å². The first-order chi connectivity index (χ1) is 9.05. The number of nitrogens with two attached hydrogens (primary N) is 2. The molecule has 2 rings (SSSR count). The van der Waals surface area contributed by atoms with E-state index in [2.05, 4.69) is 29.2 Å². The van der Waals surface area contributed by atoms with Crippen molar-refractivity contribution in [3.63, 3.8) is 0 Å². The Morgan fingerprint density at radius 3 is 2.68 bits per heavy atom. The molecular weight excluding hydrogens is 238 g/mol. The molecule has 0 saturated carbocycles. The van der Waals surface area contributed by atoms with Gasteiger partial charge in [0.25, 0.3) is 0 Å². The Balaban J connectivity index is 2.13. The average Bonchev–Trinajstić information content (AvgIpc) is 2.92. The third-order valence-electron chi connectivity index (χ3n) is 4.34. The second kappa shape index (κ2) is 5.86. The van der Waals surface area contributed by atoms with Gasteiger partial charge in [-0.1, -0.05) is 0 Å². The molecule has 5 N–H and O–H groups in total. The van der Waals surface area contributed by atoms with Crippen LogP contribution >= 0.6 is 0 Å². The second-order valence-corrected chi connectivity index (χ2v) is 5.85. The van der Waals surface area contributed by atoms with Crippen LogP contribution in [-0.2, 0) is 6.42 Å². The minimum atomic E-state index is 0.00747. The van der Waals surface area contributed by atoms with Crippen LogP contribution in [0.4, 0.5) is 5.69 Å². The Morgan fingerprint density at radius 1 is 1.42 bits per heavy atom. The number of hydrogen-bond acceptors (Lipinski definition) is 5. The zero-order valence-electron chi connectivity index (χ0n) is 11.9. The van der Waals surface area contributed by atoms with E-state index in [1.54, 1.807) is 6.20 Å². The van der Waals surface area contributed by atoms with Crippen LogP contribution in [0.3, 0.4) is 0 Å². The Morgan fingerprint density at radius 2 is 2.11 bits per heavy atom. The molecule has 19 heavy (non-hydrogen) atoms. The van der Waals surface area contributed by atoms with Crippen LogP contribution in [0.1, 0.15) is 32.3 Å². The van der Waals surface area contributed by atoms with Crippen molar-refractivity contribution in [1.29, 1.82) is 0 Å². The Labute approximate surface area is 115 Å². The number of aromatic nitrogens is 1. The van der Waals surface area contributed by atoms with E-state index in [0.717, 1.165) is 30.8 Å². The van der Waals surface area contributed by atoms with Gasteiger partial charge in [-0.05, 0) is 57.8 Å². The maximum Gasteiger partial charge on any atom is 0.0431 e. The summed E-state index contributed by atoms with van der Waals surface area (Å²) in [5.74, 6) is 5.79. The van der Waals surface area contributed by atoms with E-state index in [4.69, 9.17) is 11.6 Å². The Kier molecular flexibility index (Phi) is 4.39. The number of nitrogen functional groups attached to an aromatic ring is 1. The minimum Gasteiger partial charge on any atom is -0.398 e. The van der Waals surface area contributed by atoms with Crippen molar-refractivity contribution in [2.45, 2.75) is 44.7 Å². The largest absolute Gasteiger partial charge is 0.398 e. The molecule has 5 nitrogen and oxygen atoms in total. The van der Waals surface area contributed by atoms with E-state index in [9.17, 15) is 0 Å². The quantitative estimate of drug-likeness (QED) is 0.543. The topological polar surface area (TPSA) is 80.2 Å². The van der Waals surface area contributed by atoms with Gasteiger partial charge >= 0.3 is 0 Å². The summed E-state index contributed by atoms with van der Waals surface area (Å²) in [5.41, 5.74) is 10.8. The summed E-state index contributed by atoms with van der Waals surface area (Å²) in [5, 5.41) is 0. The second-order valence-electron chi connectivity index (χ2n) is 5.85. The highest BCUT2D eigenvalue weighted by Gasteiger charge is 2.36. The molecule has 1 fully saturated rings. The lowest BCUT2D eigenvalue weighted by Gasteiger charge is -2.42. The van der Waals surface area contributed by atoms with Crippen molar-refractivity contribution >= 4 is 5.69 Å². The molecular formula is C14H25N5. The zero-order chi connectivity index (χ0) is 13.9. The van der Waals surface area contributed by atoms with E-state index >= 15 is 0 Å². The van der Waals surface area contributed by atoms with Crippen molar-refractivity contribution in [3.8, 4) is 0 Å². The predicted molar refractivity (Wildman–Crippen MR) is 78.4 cm³/mol. The third-order valence-corrected chi connectivity index (χ3v) is 4.34. The number of likely N-dealkylation sites (tertiary alicyclic amines) is 1. The Hall–Kier alpha value is -1.17. The number of rotatable bonds is 5. The van der Waals surface area contributed by atoms with Gasteiger partial charge in [0.2, 0.25) is 0 Å². The summed E-state index contributed by atoms with van der Waals surface area (Å²) in [4.78, 5) is 6.65. The molecule has 1 atom stereocenters. The van der Waals surface area contributed by atoms with Crippen molar-refractivity contribution in [2.24, 2.45) is 5.84 Å². The predicted octanol–water partition coefficient (Wildman–Crippen LogP) is 0.913. The molecule has 2 heterocycles. The lowest BCUT2D eigenvalue weighted by atomic mass is 9.88. The number of pyridine rings is 1. The molecule has 0 amide bonds. The molecule has 1 saturated heterocycles. The first-order valence-corrected chi connectivity index (χ1v) is 6.95. The fourth-order valence-electron chi connectivity index (χ4n) is 2.85. The first-order valence-electron chi connectivity index (χ1n) is 6.95. The van der Waals surface area contributed by atoms with Crippen molar-refractivity contribution < 1.29 is 0 Å². The zero-order valence-corrected chi connectivity index (χ0v) is 11.9. The fraction of sp³-hybridized carbons (Fsp3) is 0.643. The van der Waals surface area contributed by atoms with Crippen molar-refractivity contribution in [3.05, 3.63) is 24.0 Å². The summed E-state index contributed by atoms with van der Waals surface area (Å²) in [6.45, 7) is 6.78. The lowest BCUT2D eigenvalue weighted by molar-refractivity contribution is 0.107. The monoisotopic (exact) mass is 263 g/mol. The van der Waals surface area contributed by atoms with Gasteiger partial charge in [0.15, 0.2) is 0 Å². The van der Waals surface area contributed by atoms with E-state index < -0.39 is 0 Å². The molecule has 1 aromatic heterocycles. The molecule has 0 aromatic carbocycles. The summed E-state index contributed by atoms with van der Waals surface area (Å²) < 4.78 is 0. The highest BCUT2D eigenvalue weighted by Crippen LogP contribution is 2.26. The number of hydrazine groups is 1. The highest BCUT2D eigenvalue weighted by molar-refractivity contribution is 5.44. The van der Waals surface area contributed by atoms with Crippen molar-refractivity contribution in [1.82, 2.24) is 15.3 Å². The maximum absolute atomic E-state index is 6.00. The molecule has 0 aliphatic carbocycles. The van der Waals surface area contributed by atoms with Crippen LogP contribution in [0.2, 0.25) is 0 Å². The molecule has 0 spiro atoms. The van der Waals surface area contributed by atoms with Crippen LogP contribution in [0.15, 0.2) is 18.5 Å². The normalized spacial score (nSPS) is 18.7. The van der Waals surface area contributed by atoms with Gasteiger partial charge in [0.05, 0.1) is 0 Å². The van der Waals surface area contributed by atoms with Crippen molar-refractivity contribution in [2.75, 3.05) is 18.8 Å². The lowest BCUT2D eigenvalue weighted by Crippen LogP contribution is -2.59. The van der Waals surface area contributed by atoms with Crippen LogP contribution in [0.25, 0.3) is 0 Å². The van der Waals surface area contributed by atoms with Crippen LogP contribution in [0, 0.1) is 0 Å². The smallest absolute Gasteiger partial charge is 0.0431 e. The Bertz CT molecular complexity index is 412. The van der Waals surface area contributed by atoms with Gasteiger partial charge in [-0.25, -0.2) is 0 Å². The van der Waals surface area contributed by atoms with Gasteiger partial charge < -0.3 is 5.73 Å². The molecule has 1 aliphatic rings. The molecule has 1 aromatic rings. The standard InChI is InChI=1S/C14H25N5/c1-14(2,19-7-3-4-8-19)13(18-16)9-11-10-17-6-5-12(11)15/h5-6,10,13,18H,3-4,7-9,16H2,1-2H3,(H2,15,17). The van der Waals surface area contributed by atoms with Crippen LogP contribution < -0.4 is 17.0 Å². The van der Waals surface area contributed by atoms with Gasteiger partial charge in [-0.15, -0.1) is 0 Å². The summed E-state index contributed by atoms with van der Waals surface area (Å²) in [6, 6.07) is 1.99. The minimum absolute atomic E-state index is 0.00747. The SMILES string of the molecule is CC(C)(C(Cc1cnccc1N)NN)N1CCCC1. The van der Waals surface area contributed by atoms with E-state index in [0.29, 0.717) is 0 Å². The summed E-state index contributed by atoms with van der Waals surface area (Å²) >= 11 is 0. The highest BCUT2D eigenvalue weighted by atomic mass is 15.3. The van der Waals surface area contributed by atoms with Gasteiger partial charge in [-0.2, -0.15) is 0 Å². The van der Waals surface area contributed by atoms with E-state index in [1.165, 1.54) is 12.8 Å². The van der Waals surface area contributed by atoms with E-state index in [1.807, 2.05) is 12.3 Å². The molecule has 0 bridgehead atoms. The summed E-state index contributed by atoms with van der Waals surface area (Å²) in [7, 11) is 0. The van der Waals surface area contributed by atoms with Crippen LogP contribution in [-0.4, -0.2) is 34.6 Å². The van der Waals surface area contributed by atoms with Gasteiger partial charge in [0.1, 0.15) is 0 Å². The number of nitrogens with one attached hydrogen (secondary N) is 1. The summed E-state index contributed by atoms with van der Waals surface area (Å²) in [6.07, 6.45) is 6.89. The molecule has 0 radical (unpaired) electrons. The number of anilines is 1.